The van der Waals surface area contributed by atoms with E-state index in [1.165, 1.54) is 21.9 Å². The first kappa shape index (κ1) is 54.9. The second kappa shape index (κ2) is 23.3. The van der Waals surface area contributed by atoms with Gasteiger partial charge in [0.15, 0.2) is 5.71 Å². The zero-order valence-corrected chi connectivity index (χ0v) is 47.1. The maximum absolute atomic E-state index is 13.8. The number of allylic oxidation sites excluding steroid dienone is 6. The minimum absolute atomic E-state index is 0.0540. The zero-order valence-electron chi connectivity index (χ0n) is 44.1. The van der Waals surface area contributed by atoms with Gasteiger partial charge >= 0.3 is 0 Å². The number of carbonyl (C=O) groups excluding carboxylic acids is 3. The van der Waals surface area contributed by atoms with Gasteiger partial charge in [-0.3, -0.25) is 23.5 Å². The van der Waals surface area contributed by atoms with Crippen molar-refractivity contribution in [2.75, 3.05) is 43.9 Å². The Bertz CT molecular complexity index is 3400. The molecule has 0 fully saturated rings. The van der Waals surface area contributed by atoms with Crippen LogP contribution in [0.2, 0.25) is 0 Å². The molecule has 392 valence electrons. The Balaban J connectivity index is 0.855. The topological polar surface area (TPSA) is 150 Å². The molecule has 6 aromatic rings. The van der Waals surface area contributed by atoms with Gasteiger partial charge in [0.1, 0.15) is 12.3 Å². The van der Waals surface area contributed by atoms with Crippen LogP contribution in [0, 0.1) is 6.92 Å². The summed E-state index contributed by atoms with van der Waals surface area (Å²) in [5.41, 5.74) is 11.2. The van der Waals surface area contributed by atoms with E-state index in [0.29, 0.717) is 62.3 Å². The lowest BCUT2D eigenvalue weighted by atomic mass is 9.79. The number of amides is 2. The van der Waals surface area contributed by atoms with Crippen molar-refractivity contribution >= 4 is 89.2 Å². The number of unbranched alkanes of at least 4 members (excludes halogenated alkanes) is 2. The molecule has 3 heterocycles. The molecule has 0 unspecified atom stereocenters. The molecule has 0 aliphatic carbocycles. The van der Waals surface area contributed by atoms with E-state index in [9.17, 15) is 27.4 Å². The van der Waals surface area contributed by atoms with Crippen molar-refractivity contribution in [3.8, 4) is 5.75 Å². The van der Waals surface area contributed by atoms with Crippen LogP contribution in [-0.2, 0) is 47.8 Å². The number of methoxy groups -OCH3 is 1. The summed E-state index contributed by atoms with van der Waals surface area (Å²) in [6, 6.07) is 32.3. The summed E-state index contributed by atoms with van der Waals surface area (Å²) in [4.78, 5) is 42.8. The van der Waals surface area contributed by atoms with Crippen molar-refractivity contribution in [2.24, 2.45) is 0 Å². The number of anilines is 1. The van der Waals surface area contributed by atoms with E-state index in [1.54, 1.807) is 11.7 Å². The average molecular weight is 1140 g/mol. The van der Waals surface area contributed by atoms with Gasteiger partial charge in [-0.1, -0.05) is 103 Å². The predicted molar refractivity (Wildman–Crippen MR) is 311 cm³/mol. The lowest BCUT2D eigenvalue weighted by Crippen LogP contribution is -2.29. The number of likely N-dealkylation sites (N-methyl/N-ethyl adjacent to an activating group) is 1. The van der Waals surface area contributed by atoms with Crippen LogP contribution in [0.4, 0.5) is 11.4 Å². The quantitative estimate of drug-likeness (QED) is 0.0161. The highest BCUT2D eigenvalue weighted by Gasteiger charge is 2.45. The number of aromatic nitrogens is 1. The van der Waals surface area contributed by atoms with E-state index in [-0.39, 0.29) is 47.1 Å². The highest BCUT2D eigenvalue weighted by Crippen LogP contribution is 2.48. The number of benzene rings is 5. The van der Waals surface area contributed by atoms with Gasteiger partial charge in [0, 0.05) is 81.6 Å². The minimum Gasteiger partial charge on any atom is -0.497 e. The van der Waals surface area contributed by atoms with Crippen LogP contribution < -0.4 is 20.3 Å². The molecule has 2 aliphatic rings. The van der Waals surface area contributed by atoms with E-state index >= 15 is 0 Å². The molecule has 0 saturated heterocycles. The van der Waals surface area contributed by atoms with Crippen molar-refractivity contribution in [2.45, 2.75) is 95.3 Å². The fraction of sp³-hybridized carbons (Fsp3) is 0.344. The Morgan fingerprint density at radius 1 is 0.787 bits per heavy atom. The summed E-state index contributed by atoms with van der Waals surface area (Å²) in [5.74, 6) is 0.0429. The van der Waals surface area contributed by atoms with Gasteiger partial charge in [-0.15, -0.1) is 0 Å². The van der Waals surface area contributed by atoms with E-state index in [2.05, 4.69) is 156 Å². The highest BCUT2D eigenvalue weighted by molar-refractivity contribution is 14.1. The lowest BCUT2D eigenvalue weighted by molar-refractivity contribution is -0.438. The molecule has 5 aromatic carbocycles. The maximum atomic E-state index is 13.8. The summed E-state index contributed by atoms with van der Waals surface area (Å²) < 4.78 is 42.7. The number of nitrogens with zero attached hydrogens (tertiary/aromatic N) is 3. The van der Waals surface area contributed by atoms with Crippen LogP contribution in [-0.4, -0.2) is 84.6 Å². The molecule has 12 nitrogen and oxygen atoms in total. The Morgan fingerprint density at radius 2 is 1.49 bits per heavy atom. The van der Waals surface area contributed by atoms with Crippen LogP contribution in [0.15, 0.2) is 133 Å². The third-order valence-corrected chi connectivity index (χ3v) is 16.5. The Kier molecular flexibility index (Phi) is 17.0. The van der Waals surface area contributed by atoms with E-state index in [4.69, 9.17) is 4.74 Å². The fourth-order valence-corrected chi connectivity index (χ4v) is 12.1. The SMILES string of the molecule is CCN1/C(=C/C=C/C=C/C2=[N+](CCCCS(=O)(=O)O)c3ccc4ccccc4c3C2(C)C)C(C)(C)c2cc(CC(=O)NCCCCNC(=O)Cc3c(C)n(C(=O)c4ccc(CI)cc4)c4ccc(OC)cc34)ccc21. The summed E-state index contributed by atoms with van der Waals surface area (Å²) in [6.45, 7) is 15.3. The average Bonchev–Trinajstić information content (AvgIpc) is 3.91. The van der Waals surface area contributed by atoms with Gasteiger partial charge in [0.2, 0.25) is 17.5 Å². The normalized spacial score (nSPS) is 15.4. The molecule has 2 aliphatic heterocycles. The van der Waals surface area contributed by atoms with Crippen LogP contribution in [0.1, 0.15) is 104 Å². The third-order valence-electron chi connectivity index (χ3n) is 14.8. The van der Waals surface area contributed by atoms with E-state index < -0.39 is 10.1 Å². The number of alkyl halides is 1. The largest absolute Gasteiger partial charge is 0.497 e. The Labute approximate surface area is 455 Å². The van der Waals surface area contributed by atoms with Gasteiger partial charge in [-0.2, -0.15) is 13.0 Å². The molecule has 75 heavy (non-hydrogen) atoms. The molecule has 0 radical (unpaired) electrons. The fourth-order valence-electron chi connectivity index (χ4n) is 11.0. The molecule has 0 saturated carbocycles. The smallest absolute Gasteiger partial charge is 0.264 e. The summed E-state index contributed by atoms with van der Waals surface area (Å²) in [6.07, 6.45) is 13.3. The summed E-state index contributed by atoms with van der Waals surface area (Å²) in [5, 5.41) is 9.29. The number of hydrogen-bond acceptors (Lipinski definition) is 7. The third kappa shape index (κ3) is 11.9. The van der Waals surface area contributed by atoms with Crippen molar-refractivity contribution in [3.63, 3.8) is 0 Å². The van der Waals surface area contributed by atoms with Gasteiger partial charge < -0.3 is 20.3 Å². The van der Waals surface area contributed by atoms with E-state index in [0.717, 1.165) is 61.3 Å². The molecular weight excluding hydrogens is 1070 g/mol. The van der Waals surface area contributed by atoms with Crippen molar-refractivity contribution in [3.05, 3.63) is 172 Å². The van der Waals surface area contributed by atoms with Crippen molar-refractivity contribution in [1.29, 1.82) is 0 Å². The number of carbonyl (C=O) groups is 3. The molecular formula is C61H69IN5O7S+. The van der Waals surface area contributed by atoms with Crippen LogP contribution in [0.3, 0.4) is 0 Å². The zero-order chi connectivity index (χ0) is 53.7. The van der Waals surface area contributed by atoms with Gasteiger partial charge in [-0.05, 0) is 129 Å². The molecule has 8 rings (SSSR count). The predicted octanol–water partition coefficient (Wildman–Crippen LogP) is 11.4. The Hall–Kier alpha value is -6.36. The monoisotopic (exact) mass is 1140 g/mol. The molecule has 3 N–H and O–H groups in total. The second-order valence-corrected chi connectivity index (χ2v) is 22.9. The van der Waals surface area contributed by atoms with E-state index in [1.807, 2.05) is 55.5 Å². The molecule has 14 heteroatoms. The highest BCUT2D eigenvalue weighted by atomic mass is 127. The standard InChI is InChI=1S/C61H68IN5O7S/c1-8-65-52-29-24-43(37-56(68)63-32-14-15-33-64-57(69)39-48-41(2)67(51-31-28-46(74-7)38-49(48)51)59(70)45-25-22-42(40-62)23-26-45)36-50(52)60(3,4)54(65)20-10-9-11-21-55-61(5,6)58-47-19-13-12-18-44(47)27-30-53(58)66(55)34-16-17-35-75(71,72)73/h9-13,18-31,36,38H,8,14-17,32-35,37,39-40H2,1-7H3,(H2-,63,64,68,69,71,72,73)/p+1. The number of fused-ring (bicyclic) bond motifs is 5. The minimum atomic E-state index is -4.03. The first-order valence-corrected chi connectivity index (χ1v) is 29.0. The van der Waals surface area contributed by atoms with Crippen LogP contribution >= 0.6 is 22.6 Å². The van der Waals surface area contributed by atoms with Gasteiger partial charge in [0.25, 0.3) is 16.0 Å². The Morgan fingerprint density at radius 3 is 2.19 bits per heavy atom. The number of ether oxygens (including phenoxy) is 1. The number of halogens is 1. The molecule has 1 aromatic heterocycles. The van der Waals surface area contributed by atoms with Crippen molar-refractivity contribution in [1.82, 2.24) is 15.2 Å². The van der Waals surface area contributed by atoms with Gasteiger partial charge in [0.05, 0.1) is 36.6 Å². The number of rotatable bonds is 21. The number of hydrogen-bond donors (Lipinski definition) is 3. The molecule has 0 spiro atoms. The molecule has 0 bridgehead atoms. The maximum Gasteiger partial charge on any atom is 0.264 e. The van der Waals surface area contributed by atoms with Crippen molar-refractivity contribution < 1.29 is 36.7 Å². The molecule has 0 atom stereocenters. The van der Waals surface area contributed by atoms with Crippen LogP contribution in [0.25, 0.3) is 21.7 Å². The van der Waals surface area contributed by atoms with Gasteiger partial charge in [-0.25, -0.2) is 0 Å². The first-order valence-electron chi connectivity index (χ1n) is 25.9. The second-order valence-electron chi connectivity index (χ2n) is 20.5. The summed E-state index contributed by atoms with van der Waals surface area (Å²) >= 11 is 2.30. The first-order chi connectivity index (χ1) is 35.9. The number of nitrogens with one attached hydrogen (secondary N) is 2. The summed E-state index contributed by atoms with van der Waals surface area (Å²) in [7, 11) is -2.43. The lowest BCUT2D eigenvalue weighted by Gasteiger charge is -2.25. The molecule has 2 amide bonds. The van der Waals surface area contributed by atoms with Crippen LogP contribution in [0.5, 0.6) is 5.75 Å².